The predicted octanol–water partition coefficient (Wildman–Crippen LogP) is 4.78. The number of hydrogen-bond donors (Lipinski definition) is 2. The average Bonchev–Trinajstić information content (AvgIpc) is 3.23. The minimum Gasteiger partial charge on any atom is -0.460 e. The van der Waals surface area contributed by atoms with Crippen LogP contribution in [0.2, 0.25) is 0 Å². The predicted molar refractivity (Wildman–Crippen MR) is 142 cm³/mol. The molecular weight excluding hydrogens is 474 g/mol. The maximum atomic E-state index is 12.9. The van der Waals surface area contributed by atoms with Crippen LogP contribution in [0.5, 0.6) is 0 Å². The van der Waals surface area contributed by atoms with Gasteiger partial charge in [-0.25, -0.2) is 9.59 Å². The smallest absolute Gasteiger partial charge is 0.407 e. The van der Waals surface area contributed by atoms with Crippen LogP contribution < -0.4 is 10.6 Å². The summed E-state index contributed by atoms with van der Waals surface area (Å²) in [7, 11) is 0. The lowest BCUT2D eigenvalue weighted by molar-refractivity contribution is -0.150. The molecule has 1 aromatic carbocycles. The summed E-state index contributed by atoms with van der Waals surface area (Å²) in [6.45, 7) is 12.9. The lowest BCUT2D eigenvalue weighted by Crippen LogP contribution is -2.48. The summed E-state index contributed by atoms with van der Waals surface area (Å²) in [5.74, 6) is -0.237. The molecule has 1 saturated heterocycles. The summed E-state index contributed by atoms with van der Waals surface area (Å²) in [4.78, 5) is 39.3. The summed E-state index contributed by atoms with van der Waals surface area (Å²) in [5, 5.41) is 5.74. The van der Waals surface area contributed by atoms with Crippen molar-refractivity contribution in [3.8, 4) is 0 Å². The van der Waals surface area contributed by atoms with E-state index in [1.165, 1.54) is 0 Å². The first-order chi connectivity index (χ1) is 17.3. The van der Waals surface area contributed by atoms with Crippen molar-refractivity contribution in [3.05, 3.63) is 35.9 Å². The molecule has 0 bridgehead atoms. The highest BCUT2D eigenvalue weighted by Gasteiger charge is 2.34. The van der Waals surface area contributed by atoms with Crippen molar-refractivity contribution in [1.82, 2.24) is 15.5 Å². The van der Waals surface area contributed by atoms with E-state index in [2.05, 4.69) is 15.5 Å². The number of carbonyl (C=O) groups excluding carboxylic acids is 3. The number of nitrogens with one attached hydrogen (secondary N) is 2. The fourth-order valence-electron chi connectivity index (χ4n) is 4.12. The zero-order chi connectivity index (χ0) is 27.5. The average molecular weight is 520 g/mol. The number of carbonyl (C=O) groups is 3. The Hall–Kier alpha value is -2.81. The molecule has 1 fully saturated rings. The topological polar surface area (TPSA) is 106 Å². The largest absolute Gasteiger partial charge is 0.460 e. The minimum absolute atomic E-state index is 0.209. The van der Waals surface area contributed by atoms with E-state index in [0.29, 0.717) is 19.5 Å². The van der Waals surface area contributed by atoms with Gasteiger partial charge in [0.25, 0.3) is 0 Å². The van der Waals surface area contributed by atoms with Crippen molar-refractivity contribution in [1.29, 1.82) is 0 Å². The summed E-state index contributed by atoms with van der Waals surface area (Å²) in [6, 6.07) is 9.08. The highest BCUT2D eigenvalue weighted by atomic mass is 16.6. The van der Waals surface area contributed by atoms with Crippen LogP contribution in [0.3, 0.4) is 0 Å². The quantitative estimate of drug-likeness (QED) is 0.246. The molecule has 0 radical (unpaired) electrons. The van der Waals surface area contributed by atoms with Gasteiger partial charge < -0.3 is 24.8 Å². The molecule has 9 nitrogen and oxygen atoms in total. The van der Waals surface area contributed by atoms with Gasteiger partial charge in [-0.05, 0) is 85.8 Å². The molecule has 2 amide bonds. The molecule has 0 saturated carbocycles. The molecule has 1 heterocycles. The molecule has 0 spiro atoms. The molecule has 2 N–H and O–H groups in total. The summed E-state index contributed by atoms with van der Waals surface area (Å²) < 4.78 is 16.3. The van der Waals surface area contributed by atoms with E-state index in [9.17, 15) is 14.4 Å². The van der Waals surface area contributed by atoms with Gasteiger partial charge in [-0.15, -0.1) is 0 Å². The third-order valence-corrected chi connectivity index (χ3v) is 5.68. The van der Waals surface area contributed by atoms with Crippen molar-refractivity contribution in [2.24, 2.45) is 0 Å². The van der Waals surface area contributed by atoms with Gasteiger partial charge in [0.2, 0.25) is 0 Å². The zero-order valence-electron chi connectivity index (χ0n) is 23.3. The van der Waals surface area contributed by atoms with E-state index >= 15 is 0 Å². The first-order valence-corrected chi connectivity index (χ1v) is 13.2. The first kappa shape index (κ1) is 30.4. The van der Waals surface area contributed by atoms with Crippen LogP contribution in [-0.2, 0) is 25.6 Å². The highest BCUT2D eigenvalue weighted by Crippen LogP contribution is 2.21. The minimum atomic E-state index is -0.608. The van der Waals surface area contributed by atoms with E-state index in [-0.39, 0.29) is 24.7 Å². The van der Waals surface area contributed by atoms with Crippen molar-refractivity contribution in [2.75, 3.05) is 19.6 Å². The number of amides is 2. The lowest BCUT2D eigenvalue weighted by atomic mass is 10.1. The van der Waals surface area contributed by atoms with Crippen LogP contribution in [0, 0.1) is 0 Å². The number of alkyl carbamates (subject to hydrolysis) is 2. The van der Waals surface area contributed by atoms with Gasteiger partial charge in [0.1, 0.15) is 23.9 Å². The molecule has 2 rings (SSSR count). The Bertz CT molecular complexity index is 863. The lowest BCUT2D eigenvalue weighted by Gasteiger charge is -2.29. The number of likely N-dealkylation sites (tertiary alicyclic amines) is 1. The Morgan fingerprint density at radius 3 is 2.27 bits per heavy atom. The molecule has 37 heavy (non-hydrogen) atoms. The number of benzene rings is 1. The Kier molecular flexibility index (Phi) is 11.7. The molecule has 0 aliphatic carbocycles. The fourth-order valence-corrected chi connectivity index (χ4v) is 4.12. The third kappa shape index (κ3) is 12.8. The molecule has 0 aromatic heterocycles. The molecule has 1 aliphatic heterocycles. The van der Waals surface area contributed by atoms with Gasteiger partial charge in [0.05, 0.1) is 0 Å². The molecule has 0 unspecified atom stereocenters. The van der Waals surface area contributed by atoms with Crippen molar-refractivity contribution in [2.45, 2.75) is 104 Å². The SMILES string of the molecule is CC(C)(C)OC(=O)NCCCC[C@H](CN1CCC[C@H]1C(=O)OCc1ccccc1)NC(=O)OC(C)(C)C. The molecule has 1 aliphatic rings. The van der Waals surface area contributed by atoms with Crippen LogP contribution in [0.4, 0.5) is 9.59 Å². The van der Waals surface area contributed by atoms with E-state index in [1.54, 1.807) is 0 Å². The first-order valence-electron chi connectivity index (χ1n) is 13.2. The van der Waals surface area contributed by atoms with Crippen LogP contribution in [0.15, 0.2) is 30.3 Å². The Morgan fingerprint density at radius 2 is 1.62 bits per heavy atom. The van der Waals surface area contributed by atoms with Gasteiger partial charge in [-0.2, -0.15) is 0 Å². The molecular formula is C28H45N3O6. The highest BCUT2D eigenvalue weighted by molar-refractivity contribution is 5.76. The second kappa shape index (κ2) is 14.2. The normalized spacial score (nSPS) is 17.1. The Balaban J connectivity index is 1.89. The monoisotopic (exact) mass is 519 g/mol. The van der Waals surface area contributed by atoms with Gasteiger partial charge in [-0.1, -0.05) is 30.3 Å². The number of ether oxygens (including phenoxy) is 3. The summed E-state index contributed by atoms with van der Waals surface area (Å²) >= 11 is 0. The second-order valence-electron chi connectivity index (χ2n) is 11.5. The van der Waals surface area contributed by atoms with E-state index in [0.717, 1.165) is 37.8 Å². The summed E-state index contributed by atoms with van der Waals surface area (Å²) in [6.07, 6.45) is 2.88. The molecule has 2 atom stereocenters. The second-order valence-corrected chi connectivity index (χ2v) is 11.5. The number of nitrogens with zero attached hydrogens (tertiary/aromatic N) is 1. The van der Waals surface area contributed by atoms with Crippen molar-refractivity contribution < 1.29 is 28.6 Å². The van der Waals surface area contributed by atoms with Crippen molar-refractivity contribution >= 4 is 18.2 Å². The van der Waals surface area contributed by atoms with Crippen LogP contribution in [0.1, 0.15) is 79.2 Å². The van der Waals surface area contributed by atoms with Gasteiger partial charge in [0.15, 0.2) is 0 Å². The maximum absolute atomic E-state index is 12.9. The van der Waals surface area contributed by atoms with E-state index in [4.69, 9.17) is 14.2 Å². The standard InChI is InChI=1S/C28H45N3O6/c1-27(2,3)36-25(33)29-17-11-10-15-22(30-26(34)37-28(4,5)6)19-31-18-12-16-23(31)24(32)35-20-21-13-8-7-9-14-21/h7-9,13-14,22-23H,10-12,15-20H2,1-6H3,(H,29,33)(H,30,34)/t22-,23+/m1/s1. The van der Waals surface area contributed by atoms with Crippen LogP contribution >= 0.6 is 0 Å². The van der Waals surface area contributed by atoms with E-state index in [1.807, 2.05) is 71.9 Å². The Labute approximate surface area is 221 Å². The number of esters is 1. The number of hydrogen-bond acceptors (Lipinski definition) is 7. The van der Waals surface area contributed by atoms with Crippen LogP contribution in [0.25, 0.3) is 0 Å². The zero-order valence-corrected chi connectivity index (χ0v) is 23.3. The van der Waals surface area contributed by atoms with Crippen LogP contribution in [-0.4, -0.2) is 66.0 Å². The third-order valence-electron chi connectivity index (χ3n) is 5.68. The van der Waals surface area contributed by atoms with Gasteiger partial charge >= 0.3 is 18.2 Å². The van der Waals surface area contributed by atoms with Gasteiger partial charge in [-0.3, -0.25) is 9.69 Å². The van der Waals surface area contributed by atoms with Crippen molar-refractivity contribution in [3.63, 3.8) is 0 Å². The Morgan fingerprint density at radius 1 is 0.973 bits per heavy atom. The molecule has 9 heteroatoms. The fraction of sp³-hybridized carbons (Fsp3) is 0.679. The summed E-state index contributed by atoms with van der Waals surface area (Å²) in [5.41, 5.74) is -0.199. The van der Waals surface area contributed by atoms with E-state index < -0.39 is 23.4 Å². The molecule has 208 valence electrons. The number of rotatable bonds is 11. The number of unbranched alkanes of at least 4 members (excludes halogenated alkanes) is 1. The maximum Gasteiger partial charge on any atom is 0.407 e. The molecule has 1 aromatic rings. The van der Waals surface area contributed by atoms with Gasteiger partial charge in [0, 0.05) is 19.1 Å².